The Morgan fingerprint density at radius 3 is 2.27 bits per heavy atom. The molecule has 6 rings (SSSR count). The highest BCUT2D eigenvalue weighted by Gasteiger charge is 2.71. The van der Waals surface area contributed by atoms with Crippen LogP contribution in [0, 0.1) is 5.41 Å². The van der Waals surface area contributed by atoms with Gasteiger partial charge in [-0.2, -0.15) is 0 Å². The fourth-order valence-electron chi connectivity index (χ4n) is 6.53. The lowest BCUT2D eigenvalue weighted by molar-refractivity contribution is -0.118. The van der Waals surface area contributed by atoms with E-state index in [0.29, 0.717) is 33.2 Å². The van der Waals surface area contributed by atoms with Gasteiger partial charge in [0.25, 0.3) is 0 Å². The number of ether oxygens (including phenoxy) is 2. The summed E-state index contributed by atoms with van der Waals surface area (Å²) in [5.41, 5.74) is 1.32. The van der Waals surface area contributed by atoms with Crippen LogP contribution < -0.4 is 14.4 Å². The van der Waals surface area contributed by atoms with Crippen LogP contribution in [-0.2, 0) is 4.79 Å². The lowest BCUT2D eigenvalue weighted by Crippen LogP contribution is -2.48. The Kier molecular flexibility index (Phi) is 5.28. The molecule has 37 heavy (non-hydrogen) atoms. The molecule has 1 aliphatic carbocycles. The fourth-order valence-corrected chi connectivity index (χ4v) is 6.71. The van der Waals surface area contributed by atoms with Gasteiger partial charge in [-0.3, -0.25) is 14.4 Å². The van der Waals surface area contributed by atoms with Crippen LogP contribution in [0.25, 0.3) is 6.08 Å². The average molecular weight is 514 g/mol. The molecule has 1 fully saturated rings. The highest BCUT2D eigenvalue weighted by atomic mass is 35.5. The predicted octanol–water partition coefficient (Wildman–Crippen LogP) is 5.38. The van der Waals surface area contributed by atoms with Crippen molar-refractivity contribution in [3.05, 3.63) is 94.0 Å². The maximum absolute atomic E-state index is 14.5. The van der Waals surface area contributed by atoms with Crippen molar-refractivity contribution in [2.45, 2.75) is 24.9 Å². The maximum Gasteiger partial charge on any atom is 0.180 e. The first-order valence-corrected chi connectivity index (χ1v) is 12.4. The summed E-state index contributed by atoms with van der Waals surface area (Å²) < 4.78 is 11.2. The van der Waals surface area contributed by atoms with E-state index < -0.39 is 23.4 Å². The van der Waals surface area contributed by atoms with E-state index in [9.17, 15) is 14.4 Å². The monoisotopic (exact) mass is 513 g/mol. The molecule has 2 aliphatic heterocycles. The minimum Gasteiger partial charge on any atom is -0.497 e. The first-order valence-electron chi connectivity index (χ1n) is 12.0. The second-order valence-electron chi connectivity index (χ2n) is 9.63. The molecule has 3 aromatic rings. The maximum atomic E-state index is 14.5. The Morgan fingerprint density at radius 1 is 0.946 bits per heavy atom. The summed E-state index contributed by atoms with van der Waals surface area (Å²) >= 11 is 6.29. The minimum atomic E-state index is -1.58. The van der Waals surface area contributed by atoms with Crippen LogP contribution in [0.2, 0.25) is 5.02 Å². The number of Topliss-reactive ketones (excluding diaryl/α,β-unsaturated/α-hetero) is 3. The van der Waals surface area contributed by atoms with Gasteiger partial charge in [0.05, 0.1) is 26.3 Å². The number of halogens is 1. The molecule has 3 aromatic carbocycles. The molecule has 0 amide bonds. The highest BCUT2D eigenvalue weighted by Crippen LogP contribution is 2.62. The molecule has 7 heteroatoms. The third kappa shape index (κ3) is 3.02. The Labute approximate surface area is 219 Å². The summed E-state index contributed by atoms with van der Waals surface area (Å²) in [6, 6.07) is 16.1. The lowest BCUT2D eigenvalue weighted by Gasteiger charge is -2.37. The predicted molar refractivity (Wildman–Crippen MR) is 141 cm³/mol. The number of hydrogen-bond acceptors (Lipinski definition) is 6. The van der Waals surface area contributed by atoms with Gasteiger partial charge in [-0.05, 0) is 48.9 Å². The fraction of sp³-hybridized carbons (Fsp3) is 0.233. The topological polar surface area (TPSA) is 72.9 Å². The number of carbonyl (C=O) groups excluding carboxylic acids is 3. The van der Waals surface area contributed by atoms with Crippen LogP contribution >= 0.6 is 11.6 Å². The van der Waals surface area contributed by atoms with Crippen molar-refractivity contribution in [1.82, 2.24) is 0 Å². The van der Waals surface area contributed by atoms with Gasteiger partial charge in [-0.15, -0.1) is 0 Å². The second kappa shape index (κ2) is 8.32. The highest BCUT2D eigenvalue weighted by molar-refractivity contribution is 6.32. The summed E-state index contributed by atoms with van der Waals surface area (Å²) in [4.78, 5) is 44.4. The number of rotatable bonds is 4. The molecule has 6 nitrogen and oxygen atoms in total. The molecular formula is C30H24ClNO5. The van der Waals surface area contributed by atoms with Crippen molar-refractivity contribution in [3.8, 4) is 11.5 Å². The van der Waals surface area contributed by atoms with Gasteiger partial charge < -0.3 is 14.4 Å². The molecule has 0 bridgehead atoms. The molecular weight excluding hydrogens is 490 g/mol. The number of benzene rings is 3. The van der Waals surface area contributed by atoms with Crippen molar-refractivity contribution in [2.75, 3.05) is 19.1 Å². The van der Waals surface area contributed by atoms with Crippen LogP contribution in [0.15, 0.2) is 66.7 Å². The van der Waals surface area contributed by atoms with E-state index in [-0.39, 0.29) is 17.3 Å². The normalized spacial score (nSPS) is 22.6. The van der Waals surface area contributed by atoms with Gasteiger partial charge >= 0.3 is 0 Å². The van der Waals surface area contributed by atoms with Crippen molar-refractivity contribution >= 4 is 40.7 Å². The van der Waals surface area contributed by atoms with Crippen LogP contribution in [-0.4, -0.2) is 43.7 Å². The smallest absolute Gasteiger partial charge is 0.180 e. The molecule has 1 saturated heterocycles. The minimum absolute atomic E-state index is 0.162. The van der Waals surface area contributed by atoms with Gasteiger partial charge in [-0.1, -0.05) is 48.0 Å². The lowest BCUT2D eigenvalue weighted by atomic mass is 9.64. The molecule has 3 aliphatic rings. The third-order valence-corrected chi connectivity index (χ3v) is 8.19. The number of nitrogens with zero attached hydrogens (tertiary/aromatic N) is 1. The van der Waals surface area contributed by atoms with Crippen LogP contribution in [0.5, 0.6) is 11.5 Å². The van der Waals surface area contributed by atoms with Gasteiger partial charge in [0.2, 0.25) is 0 Å². The molecule has 1 spiro atoms. The van der Waals surface area contributed by atoms with Crippen molar-refractivity contribution in [1.29, 1.82) is 0 Å². The zero-order valence-corrected chi connectivity index (χ0v) is 21.3. The summed E-state index contributed by atoms with van der Waals surface area (Å²) in [5, 5.41) is 0.557. The Bertz CT molecular complexity index is 1490. The number of hydrogen-bond donors (Lipinski definition) is 0. The van der Waals surface area contributed by atoms with Crippen molar-refractivity contribution in [3.63, 3.8) is 0 Å². The molecule has 0 N–H and O–H groups in total. The Morgan fingerprint density at radius 2 is 1.65 bits per heavy atom. The molecule has 0 saturated carbocycles. The summed E-state index contributed by atoms with van der Waals surface area (Å²) in [6.07, 6.45) is 3.75. The van der Waals surface area contributed by atoms with E-state index in [2.05, 4.69) is 0 Å². The molecule has 0 unspecified atom stereocenters. The SMILES string of the molecule is COc1ccc(OC)c([C@@H]2[C@H](C(C)=O)N3c4ccc(Cl)cc4C=C[C@H]3C23C(=O)c2ccccc2C3=O)c1. The Hall–Kier alpha value is -3.90. The number of ketones is 3. The van der Waals surface area contributed by atoms with Crippen LogP contribution in [0.3, 0.4) is 0 Å². The standard InChI is InChI=1S/C30H24ClNO5/c1-16(33)27-26(22-15-19(36-2)10-12-24(22)37-3)30(28(34)20-6-4-5-7-21(20)29(30)35)25-13-8-17-14-18(31)9-11-23(17)32(25)27/h4-15,25-27H,1-3H3/t25-,26+,27-/m0/s1. The summed E-state index contributed by atoms with van der Waals surface area (Å²) in [5.74, 6) is -0.555. The van der Waals surface area contributed by atoms with Crippen LogP contribution in [0.4, 0.5) is 5.69 Å². The average Bonchev–Trinajstić information content (AvgIpc) is 3.34. The van der Waals surface area contributed by atoms with E-state index in [0.717, 1.165) is 11.3 Å². The number of anilines is 1. The van der Waals surface area contributed by atoms with Crippen molar-refractivity contribution in [2.24, 2.45) is 5.41 Å². The second-order valence-corrected chi connectivity index (χ2v) is 10.1. The largest absolute Gasteiger partial charge is 0.497 e. The quantitative estimate of drug-likeness (QED) is 0.436. The van der Waals surface area contributed by atoms with Crippen LogP contribution in [0.1, 0.15) is 44.7 Å². The number of carbonyl (C=O) groups is 3. The van der Waals surface area contributed by atoms with E-state index in [1.807, 2.05) is 29.2 Å². The summed E-state index contributed by atoms with van der Waals surface area (Å²) in [6.45, 7) is 1.51. The van der Waals surface area contributed by atoms with E-state index in [4.69, 9.17) is 21.1 Å². The van der Waals surface area contributed by atoms with Crippen molar-refractivity contribution < 1.29 is 23.9 Å². The molecule has 2 heterocycles. The van der Waals surface area contributed by atoms with E-state index >= 15 is 0 Å². The van der Waals surface area contributed by atoms with Gasteiger partial charge in [0, 0.05) is 33.3 Å². The molecule has 0 aromatic heterocycles. The van der Waals surface area contributed by atoms with Gasteiger partial charge in [-0.25, -0.2) is 0 Å². The number of methoxy groups -OCH3 is 2. The molecule has 0 radical (unpaired) electrons. The summed E-state index contributed by atoms with van der Waals surface area (Å²) in [7, 11) is 3.08. The first kappa shape index (κ1) is 23.5. The molecule has 3 atom stereocenters. The van der Waals surface area contributed by atoms with Gasteiger partial charge in [0.1, 0.15) is 16.9 Å². The van der Waals surface area contributed by atoms with Gasteiger partial charge in [0.15, 0.2) is 17.3 Å². The number of fused-ring (bicyclic) bond motifs is 5. The first-order chi connectivity index (χ1) is 17.8. The van der Waals surface area contributed by atoms with E-state index in [1.165, 1.54) is 14.0 Å². The third-order valence-electron chi connectivity index (χ3n) is 7.95. The Balaban J connectivity index is 1.71. The zero-order chi connectivity index (χ0) is 26.1. The molecule has 186 valence electrons. The zero-order valence-electron chi connectivity index (χ0n) is 20.5. The van der Waals surface area contributed by atoms with E-state index in [1.54, 1.807) is 55.6 Å².